The van der Waals surface area contributed by atoms with Gasteiger partial charge in [-0.25, -0.2) is 8.42 Å². The number of sulfone groups is 1. The molecule has 1 atom stereocenters. The van der Waals surface area contributed by atoms with E-state index in [1.54, 1.807) is 24.3 Å². The molecule has 0 bridgehead atoms. The van der Waals surface area contributed by atoms with Crippen LogP contribution < -0.4 is 4.74 Å². The molecule has 0 saturated carbocycles. The van der Waals surface area contributed by atoms with Gasteiger partial charge in [-0.05, 0) is 61.5 Å². The van der Waals surface area contributed by atoms with E-state index in [4.69, 9.17) is 27.9 Å². The summed E-state index contributed by atoms with van der Waals surface area (Å²) in [7, 11) is -2.70. The molecule has 0 saturated heterocycles. The molecule has 8 heteroatoms. The van der Waals surface area contributed by atoms with Crippen molar-refractivity contribution in [1.29, 1.82) is 0 Å². The van der Waals surface area contributed by atoms with E-state index in [2.05, 4.69) is 0 Å². The molecule has 0 aliphatic carbocycles. The van der Waals surface area contributed by atoms with E-state index < -0.39 is 33.1 Å². The third-order valence-electron chi connectivity index (χ3n) is 5.00. The van der Waals surface area contributed by atoms with E-state index in [-0.39, 0.29) is 21.0 Å². The first-order chi connectivity index (χ1) is 15.1. The average molecular weight is 491 g/mol. The highest BCUT2D eigenvalue weighted by Gasteiger charge is 2.37. The lowest BCUT2D eigenvalue weighted by Crippen LogP contribution is -2.33. The van der Waals surface area contributed by atoms with Gasteiger partial charge in [0.2, 0.25) is 0 Å². The molecule has 3 rings (SSSR count). The van der Waals surface area contributed by atoms with Crippen molar-refractivity contribution in [1.82, 2.24) is 0 Å². The molecule has 5 nitrogen and oxygen atoms in total. The van der Waals surface area contributed by atoms with Crippen LogP contribution in [0.4, 0.5) is 0 Å². The van der Waals surface area contributed by atoms with Gasteiger partial charge in [0, 0.05) is 22.6 Å². The Hall–Kier alpha value is -2.67. The van der Waals surface area contributed by atoms with Crippen LogP contribution >= 0.6 is 23.2 Å². The Bertz CT molecular complexity index is 1250. The topological polar surface area (TPSA) is 77.5 Å². The number of Topliss-reactive ketones (excluding diaryl/α,β-unsaturated/α-hetero) is 2. The van der Waals surface area contributed by atoms with Gasteiger partial charge in [-0.1, -0.05) is 40.9 Å². The number of aryl methyl sites for hydroxylation is 1. The molecule has 0 aliphatic rings. The molecule has 0 N–H and O–H groups in total. The van der Waals surface area contributed by atoms with Gasteiger partial charge in [0.1, 0.15) is 11.0 Å². The molecular weight excluding hydrogens is 471 g/mol. The first-order valence-electron chi connectivity index (χ1n) is 9.60. The highest BCUT2D eigenvalue weighted by molar-refractivity contribution is 7.92. The minimum absolute atomic E-state index is 0.0146. The summed E-state index contributed by atoms with van der Waals surface area (Å²) in [5.74, 6) is -0.713. The summed E-state index contributed by atoms with van der Waals surface area (Å²) in [5, 5.41) is -1.33. The summed E-state index contributed by atoms with van der Waals surface area (Å²) in [6.07, 6.45) is -0.541. The number of carbonyl (C=O) groups is 2. The summed E-state index contributed by atoms with van der Waals surface area (Å²) in [4.78, 5) is 26.3. The Labute approximate surface area is 196 Å². The van der Waals surface area contributed by atoms with Crippen LogP contribution in [0.2, 0.25) is 10.0 Å². The van der Waals surface area contributed by atoms with E-state index >= 15 is 0 Å². The molecule has 0 unspecified atom stereocenters. The van der Waals surface area contributed by atoms with Gasteiger partial charge in [-0.2, -0.15) is 0 Å². The maximum atomic E-state index is 13.4. The third kappa shape index (κ3) is 5.21. The van der Waals surface area contributed by atoms with Crippen molar-refractivity contribution in [2.75, 3.05) is 7.11 Å². The number of rotatable bonds is 8. The summed E-state index contributed by atoms with van der Waals surface area (Å²) in [6, 6.07) is 16.5. The minimum Gasteiger partial charge on any atom is -0.497 e. The Morgan fingerprint density at radius 1 is 0.938 bits per heavy atom. The lowest BCUT2D eigenvalue weighted by atomic mass is 10.0. The Balaban J connectivity index is 2.04. The van der Waals surface area contributed by atoms with E-state index in [1.807, 2.05) is 6.92 Å². The van der Waals surface area contributed by atoms with Crippen LogP contribution in [-0.2, 0) is 9.84 Å². The molecule has 32 heavy (non-hydrogen) atoms. The lowest BCUT2D eigenvalue weighted by Gasteiger charge is -2.17. The van der Waals surface area contributed by atoms with Gasteiger partial charge in [-0.15, -0.1) is 0 Å². The monoisotopic (exact) mass is 490 g/mol. The molecule has 3 aromatic rings. The predicted molar refractivity (Wildman–Crippen MR) is 125 cm³/mol. The van der Waals surface area contributed by atoms with E-state index in [0.717, 1.165) is 5.56 Å². The number of ketones is 2. The Morgan fingerprint density at radius 2 is 1.56 bits per heavy atom. The zero-order valence-corrected chi connectivity index (χ0v) is 19.7. The highest BCUT2D eigenvalue weighted by Crippen LogP contribution is 2.28. The van der Waals surface area contributed by atoms with Crippen molar-refractivity contribution < 1.29 is 22.7 Å². The quantitative estimate of drug-likeness (QED) is 0.383. The molecular formula is C24H20Cl2O5S. The fourth-order valence-corrected chi connectivity index (χ4v) is 5.29. The zero-order valence-electron chi connectivity index (χ0n) is 17.3. The first-order valence-corrected chi connectivity index (χ1v) is 11.9. The number of carbonyl (C=O) groups excluding carboxylic acids is 2. The molecule has 0 aromatic heterocycles. The van der Waals surface area contributed by atoms with Crippen LogP contribution in [-0.4, -0.2) is 32.3 Å². The van der Waals surface area contributed by atoms with E-state index in [1.165, 1.54) is 49.6 Å². The summed E-state index contributed by atoms with van der Waals surface area (Å²) < 4.78 is 32.0. The van der Waals surface area contributed by atoms with Crippen LogP contribution in [0, 0.1) is 6.92 Å². The molecule has 0 heterocycles. The molecule has 166 valence electrons. The maximum absolute atomic E-state index is 13.4. The van der Waals surface area contributed by atoms with Crippen LogP contribution in [0.5, 0.6) is 5.75 Å². The maximum Gasteiger partial charge on any atom is 0.189 e. The second kappa shape index (κ2) is 9.86. The molecule has 0 aliphatic heterocycles. The van der Waals surface area contributed by atoms with Gasteiger partial charge < -0.3 is 4.74 Å². The molecule has 0 spiro atoms. The normalized spacial score (nSPS) is 12.2. The van der Waals surface area contributed by atoms with Gasteiger partial charge >= 0.3 is 0 Å². The Kier molecular flexibility index (Phi) is 7.39. The number of hydrogen-bond acceptors (Lipinski definition) is 5. The smallest absolute Gasteiger partial charge is 0.189 e. The fraction of sp³-hybridized carbons (Fsp3) is 0.167. The van der Waals surface area contributed by atoms with Gasteiger partial charge in [-0.3, -0.25) is 9.59 Å². The van der Waals surface area contributed by atoms with Crippen molar-refractivity contribution >= 4 is 44.6 Å². The Morgan fingerprint density at radius 3 is 2.12 bits per heavy atom. The molecule has 0 radical (unpaired) electrons. The van der Waals surface area contributed by atoms with Gasteiger partial charge in [0.05, 0.1) is 17.0 Å². The summed E-state index contributed by atoms with van der Waals surface area (Å²) in [5.41, 5.74) is 1.12. The molecule has 3 aromatic carbocycles. The highest BCUT2D eigenvalue weighted by atomic mass is 35.5. The fourth-order valence-electron chi connectivity index (χ4n) is 3.16. The largest absolute Gasteiger partial charge is 0.497 e. The van der Waals surface area contributed by atoms with Crippen molar-refractivity contribution in [3.05, 3.63) is 93.5 Å². The van der Waals surface area contributed by atoms with Crippen molar-refractivity contribution in [2.24, 2.45) is 0 Å². The summed E-state index contributed by atoms with van der Waals surface area (Å²) >= 11 is 12.1. The number of benzene rings is 3. The van der Waals surface area contributed by atoms with Crippen molar-refractivity contribution in [3.63, 3.8) is 0 Å². The first kappa shape index (κ1) is 24.0. The van der Waals surface area contributed by atoms with Crippen LogP contribution in [0.15, 0.2) is 71.6 Å². The zero-order chi connectivity index (χ0) is 23.5. The van der Waals surface area contributed by atoms with Crippen LogP contribution in [0.25, 0.3) is 0 Å². The second-order valence-electron chi connectivity index (χ2n) is 7.19. The lowest BCUT2D eigenvalue weighted by molar-refractivity contribution is 0.0920. The number of halogens is 2. The van der Waals surface area contributed by atoms with Crippen LogP contribution in [0.3, 0.4) is 0 Å². The minimum atomic E-state index is -4.19. The number of methoxy groups -OCH3 is 1. The number of ether oxygens (including phenoxy) is 1. The van der Waals surface area contributed by atoms with Crippen molar-refractivity contribution in [2.45, 2.75) is 23.5 Å². The van der Waals surface area contributed by atoms with E-state index in [9.17, 15) is 18.0 Å². The van der Waals surface area contributed by atoms with E-state index in [0.29, 0.717) is 10.8 Å². The standard InChI is InChI=1S/C24H20Cl2O5S/c1-15-3-10-19(11-4-15)32(29,30)23(24(28)20-12-7-17(25)13-21(20)26)14-22(27)16-5-8-18(31-2)9-6-16/h3-13,23H,14H2,1-2H3/t23-/m1/s1. The average Bonchev–Trinajstić information content (AvgIpc) is 2.77. The second-order valence-corrected chi connectivity index (χ2v) is 10.2. The van der Waals surface area contributed by atoms with Crippen molar-refractivity contribution in [3.8, 4) is 5.75 Å². The third-order valence-corrected chi connectivity index (χ3v) is 7.60. The SMILES string of the molecule is COc1ccc(C(=O)C[C@H](C(=O)c2ccc(Cl)cc2Cl)S(=O)(=O)c2ccc(C)cc2)cc1. The summed E-state index contributed by atoms with van der Waals surface area (Å²) in [6.45, 7) is 1.82. The molecule has 0 amide bonds. The molecule has 0 fully saturated rings. The van der Waals surface area contributed by atoms with Crippen LogP contribution in [0.1, 0.15) is 32.7 Å². The van der Waals surface area contributed by atoms with Gasteiger partial charge in [0.25, 0.3) is 0 Å². The van der Waals surface area contributed by atoms with Gasteiger partial charge in [0.15, 0.2) is 21.4 Å². The number of hydrogen-bond donors (Lipinski definition) is 0. The predicted octanol–water partition coefficient (Wildman–Crippen LogP) is 5.61.